The fourth-order valence-corrected chi connectivity index (χ4v) is 4.96. The summed E-state index contributed by atoms with van der Waals surface area (Å²) in [7, 11) is 0. The number of nitrogens with zero attached hydrogens (tertiary/aromatic N) is 1. The van der Waals surface area contributed by atoms with Crippen LogP contribution in [-0.2, 0) is 9.59 Å². The van der Waals surface area contributed by atoms with E-state index >= 15 is 0 Å². The molecule has 1 amide bonds. The highest BCUT2D eigenvalue weighted by Crippen LogP contribution is 2.29. The summed E-state index contributed by atoms with van der Waals surface area (Å²) in [5, 5.41) is 3.05. The number of benzene rings is 1. The number of nitrogens with one attached hydrogen (secondary N) is 1. The molecule has 1 aromatic carbocycles. The largest absolute Gasteiger partial charge is 0.489 e. The molecule has 2 aliphatic rings. The van der Waals surface area contributed by atoms with Gasteiger partial charge in [-0.1, -0.05) is 37.5 Å². The number of carbonyl (C=O) groups excluding carboxylic acids is 2. The Morgan fingerprint density at radius 3 is 2.54 bits per heavy atom. The summed E-state index contributed by atoms with van der Waals surface area (Å²) < 4.78 is 8.00. The Balaban J connectivity index is 1.58. The number of halogens is 1. The third kappa shape index (κ3) is 4.97. The molecule has 26 heavy (non-hydrogen) atoms. The fourth-order valence-electron chi connectivity index (χ4n) is 4.04. The van der Waals surface area contributed by atoms with Crippen molar-refractivity contribution in [1.29, 1.82) is 0 Å². The fraction of sp³-hybridized carbons (Fsp3) is 0.600. The van der Waals surface area contributed by atoms with Crippen molar-refractivity contribution >= 4 is 34.6 Å². The molecule has 1 N–H and O–H groups in total. The molecular formula is C20H27IN2O3. The van der Waals surface area contributed by atoms with E-state index in [2.05, 4.69) is 28.2 Å². The first-order valence-corrected chi connectivity index (χ1v) is 10.5. The van der Waals surface area contributed by atoms with Gasteiger partial charge < -0.3 is 10.1 Å². The second-order valence-electron chi connectivity index (χ2n) is 7.38. The SMILES string of the molecule is CC(=O)[C@@H](NC(=O)[C@@H]1C[C@@H](Oc2ccccc2)CN1I)C1CCCCC1. The normalized spacial score (nSPS) is 25.6. The Hall–Kier alpha value is -1.15. The number of hydrogen-bond donors (Lipinski definition) is 1. The van der Waals surface area contributed by atoms with Gasteiger partial charge in [-0.3, -0.25) is 9.59 Å². The zero-order valence-electron chi connectivity index (χ0n) is 15.2. The molecule has 0 bridgehead atoms. The van der Waals surface area contributed by atoms with Crippen LogP contribution in [0.15, 0.2) is 30.3 Å². The van der Waals surface area contributed by atoms with Crippen LogP contribution in [0.25, 0.3) is 0 Å². The molecule has 1 heterocycles. The molecule has 0 unspecified atom stereocenters. The molecule has 0 radical (unpaired) electrons. The number of ether oxygens (including phenoxy) is 1. The smallest absolute Gasteiger partial charge is 0.238 e. The minimum atomic E-state index is -0.346. The molecule has 1 aliphatic carbocycles. The van der Waals surface area contributed by atoms with E-state index in [4.69, 9.17) is 4.74 Å². The standard InChI is InChI=1S/C20H27IN2O3/c1-14(24)19(15-8-4-2-5-9-15)22-20(25)18-12-17(13-23(18)21)26-16-10-6-3-7-11-16/h3,6-7,10-11,15,17-19H,2,4-5,8-9,12-13H2,1H3,(H,22,25)/t17-,18+,19-/m1/s1. The summed E-state index contributed by atoms with van der Waals surface area (Å²) in [5.41, 5.74) is 0. The number of ketones is 1. The minimum absolute atomic E-state index is 0.0180. The molecule has 5 nitrogen and oxygen atoms in total. The summed E-state index contributed by atoms with van der Waals surface area (Å²) in [6.07, 6.45) is 6.22. The second kappa shape index (κ2) is 9.17. The van der Waals surface area contributed by atoms with E-state index in [-0.39, 0.29) is 35.8 Å². The summed E-state index contributed by atoms with van der Waals surface area (Å²) in [5.74, 6) is 1.13. The van der Waals surface area contributed by atoms with Crippen molar-refractivity contribution in [3.05, 3.63) is 30.3 Å². The minimum Gasteiger partial charge on any atom is -0.489 e. The van der Waals surface area contributed by atoms with Gasteiger partial charge in [0.05, 0.1) is 6.04 Å². The molecular weight excluding hydrogens is 443 g/mol. The Morgan fingerprint density at radius 1 is 1.19 bits per heavy atom. The first-order valence-electron chi connectivity index (χ1n) is 9.49. The molecule has 1 aliphatic heterocycles. The monoisotopic (exact) mass is 470 g/mol. The predicted molar refractivity (Wildman–Crippen MR) is 109 cm³/mol. The second-order valence-corrected chi connectivity index (χ2v) is 8.62. The van der Waals surface area contributed by atoms with Gasteiger partial charge in [-0.05, 0) is 37.8 Å². The van der Waals surface area contributed by atoms with Gasteiger partial charge in [-0.25, -0.2) is 3.11 Å². The van der Waals surface area contributed by atoms with Crippen LogP contribution in [0.4, 0.5) is 0 Å². The number of para-hydroxylation sites is 1. The van der Waals surface area contributed by atoms with Crippen molar-refractivity contribution < 1.29 is 14.3 Å². The van der Waals surface area contributed by atoms with Crippen LogP contribution in [0.5, 0.6) is 5.75 Å². The van der Waals surface area contributed by atoms with Crippen LogP contribution in [0, 0.1) is 5.92 Å². The van der Waals surface area contributed by atoms with Crippen molar-refractivity contribution in [2.75, 3.05) is 6.54 Å². The van der Waals surface area contributed by atoms with Gasteiger partial charge in [0.15, 0.2) is 5.78 Å². The van der Waals surface area contributed by atoms with E-state index < -0.39 is 0 Å². The van der Waals surface area contributed by atoms with Crippen molar-refractivity contribution in [2.24, 2.45) is 5.92 Å². The average molecular weight is 470 g/mol. The van der Waals surface area contributed by atoms with E-state index in [9.17, 15) is 9.59 Å². The Morgan fingerprint density at radius 2 is 1.88 bits per heavy atom. The lowest BCUT2D eigenvalue weighted by Gasteiger charge is -2.30. The van der Waals surface area contributed by atoms with Gasteiger partial charge in [0.25, 0.3) is 0 Å². The maximum Gasteiger partial charge on any atom is 0.238 e. The van der Waals surface area contributed by atoms with Crippen molar-refractivity contribution in [3.63, 3.8) is 0 Å². The number of hydrogen-bond acceptors (Lipinski definition) is 4. The number of amides is 1. The average Bonchev–Trinajstić information content (AvgIpc) is 3.01. The Bertz CT molecular complexity index is 619. The molecule has 2 fully saturated rings. The number of carbonyl (C=O) groups is 2. The molecule has 1 saturated heterocycles. The van der Waals surface area contributed by atoms with Gasteiger partial charge >= 0.3 is 0 Å². The Labute approximate surface area is 169 Å². The van der Waals surface area contributed by atoms with Crippen LogP contribution in [0.1, 0.15) is 45.4 Å². The van der Waals surface area contributed by atoms with Crippen LogP contribution in [-0.4, -0.2) is 39.5 Å². The number of rotatable bonds is 6. The van der Waals surface area contributed by atoms with E-state index in [1.165, 1.54) is 6.42 Å². The third-order valence-electron chi connectivity index (χ3n) is 5.41. The molecule has 3 rings (SSSR count). The van der Waals surface area contributed by atoms with Gasteiger partial charge in [-0.15, -0.1) is 0 Å². The van der Waals surface area contributed by atoms with Gasteiger partial charge in [-0.2, -0.15) is 0 Å². The van der Waals surface area contributed by atoms with Crippen LogP contribution in [0.2, 0.25) is 0 Å². The lowest BCUT2D eigenvalue weighted by atomic mass is 9.82. The first-order chi connectivity index (χ1) is 12.5. The van der Waals surface area contributed by atoms with Crippen LogP contribution in [0.3, 0.4) is 0 Å². The summed E-state index contributed by atoms with van der Waals surface area (Å²) in [6.45, 7) is 2.29. The van der Waals surface area contributed by atoms with Gasteiger partial charge in [0.2, 0.25) is 5.91 Å². The van der Waals surface area contributed by atoms with Gasteiger partial charge in [0.1, 0.15) is 17.9 Å². The van der Waals surface area contributed by atoms with E-state index in [0.29, 0.717) is 13.0 Å². The van der Waals surface area contributed by atoms with E-state index in [0.717, 1.165) is 31.4 Å². The molecule has 6 heteroatoms. The summed E-state index contributed by atoms with van der Waals surface area (Å²) in [6, 6.07) is 9.10. The quantitative estimate of drug-likeness (QED) is 0.511. The summed E-state index contributed by atoms with van der Waals surface area (Å²) in [4.78, 5) is 25.0. The van der Waals surface area contributed by atoms with Crippen LogP contribution >= 0.6 is 22.9 Å². The highest BCUT2D eigenvalue weighted by molar-refractivity contribution is 14.1. The highest BCUT2D eigenvalue weighted by Gasteiger charge is 2.39. The molecule has 0 aromatic heterocycles. The maximum absolute atomic E-state index is 12.8. The van der Waals surface area contributed by atoms with Crippen molar-refractivity contribution in [3.8, 4) is 5.75 Å². The zero-order valence-corrected chi connectivity index (χ0v) is 17.4. The molecule has 1 aromatic rings. The molecule has 142 valence electrons. The van der Waals surface area contributed by atoms with E-state index in [1.807, 2.05) is 33.4 Å². The molecule has 1 saturated carbocycles. The highest BCUT2D eigenvalue weighted by atomic mass is 127. The van der Waals surface area contributed by atoms with Crippen molar-refractivity contribution in [2.45, 2.75) is 63.6 Å². The van der Waals surface area contributed by atoms with Crippen LogP contribution < -0.4 is 10.1 Å². The molecule has 0 spiro atoms. The van der Waals surface area contributed by atoms with Gasteiger partial charge in [0, 0.05) is 35.8 Å². The first kappa shape index (κ1) is 19.6. The predicted octanol–water partition coefficient (Wildman–Crippen LogP) is 3.51. The maximum atomic E-state index is 12.8. The Kier molecular flexibility index (Phi) is 6.92. The van der Waals surface area contributed by atoms with Crippen molar-refractivity contribution in [1.82, 2.24) is 8.43 Å². The zero-order chi connectivity index (χ0) is 18.5. The molecule has 3 atom stereocenters. The lowest BCUT2D eigenvalue weighted by molar-refractivity contribution is -0.130. The topological polar surface area (TPSA) is 58.6 Å². The third-order valence-corrected chi connectivity index (χ3v) is 6.47. The van der Waals surface area contributed by atoms with E-state index in [1.54, 1.807) is 6.92 Å². The summed E-state index contributed by atoms with van der Waals surface area (Å²) >= 11 is 2.19. The lowest BCUT2D eigenvalue weighted by Crippen LogP contribution is -2.50. The number of Topliss-reactive ketones (excluding diaryl/α,β-unsaturated/α-hetero) is 1.